The Kier molecular flexibility index (Phi) is 6.10. The standard InChI is InChI=1S/C26H39NSi/c1-18(2)20(4)24-16-25(27(5)17-26(24)28(6,7)8)23-15-22(14-13-19(23)3)21-11-9-10-12-21/h13-18,20-21H,5,9-12H2,1-4,6-8H3. The fraction of sp³-hybridized carbons (Fsp3) is 0.538. The fourth-order valence-corrected chi connectivity index (χ4v) is 6.34. The summed E-state index contributed by atoms with van der Waals surface area (Å²) in [4.78, 5) is 0. The normalized spacial score (nSPS) is 19.9. The van der Waals surface area contributed by atoms with Crippen molar-refractivity contribution < 1.29 is 4.58 Å². The summed E-state index contributed by atoms with van der Waals surface area (Å²) in [5.74, 6) is 1.93. The van der Waals surface area contributed by atoms with E-state index in [1.807, 2.05) is 0 Å². The molecule has 1 saturated carbocycles. The SMILES string of the molecule is C=[N+]1C=C([Si](C)(C)C)C(C(C)C(C)C)=C[C-]1c1cc(C2CCCC2)ccc1C. The van der Waals surface area contributed by atoms with E-state index in [9.17, 15) is 0 Å². The molecule has 152 valence electrons. The van der Waals surface area contributed by atoms with Gasteiger partial charge in [-0.1, -0.05) is 95.1 Å². The molecule has 1 fully saturated rings. The highest BCUT2D eigenvalue weighted by molar-refractivity contribution is 6.84. The van der Waals surface area contributed by atoms with Gasteiger partial charge in [0.1, 0.15) is 12.2 Å². The molecule has 1 aromatic carbocycles. The summed E-state index contributed by atoms with van der Waals surface area (Å²) in [6.45, 7) is 21.1. The van der Waals surface area contributed by atoms with Crippen molar-refractivity contribution in [2.24, 2.45) is 11.8 Å². The van der Waals surface area contributed by atoms with E-state index in [1.165, 1.54) is 54.0 Å². The van der Waals surface area contributed by atoms with Crippen molar-refractivity contribution >= 4 is 14.8 Å². The van der Waals surface area contributed by atoms with Crippen molar-refractivity contribution in [1.29, 1.82) is 0 Å². The summed E-state index contributed by atoms with van der Waals surface area (Å²) < 4.78 is 2.14. The van der Waals surface area contributed by atoms with Crippen molar-refractivity contribution in [2.45, 2.75) is 78.9 Å². The lowest BCUT2D eigenvalue weighted by molar-refractivity contribution is -0.418. The largest absolute Gasteiger partial charge is 0.255 e. The van der Waals surface area contributed by atoms with E-state index in [4.69, 9.17) is 0 Å². The maximum absolute atomic E-state index is 4.42. The second-order valence-electron chi connectivity index (χ2n) is 10.3. The number of hydrogen-bond donors (Lipinski definition) is 0. The Morgan fingerprint density at radius 2 is 1.75 bits per heavy atom. The van der Waals surface area contributed by atoms with Crippen LogP contribution >= 0.6 is 0 Å². The Hall–Kier alpha value is -1.54. The van der Waals surface area contributed by atoms with Crippen LogP contribution in [0.25, 0.3) is 0 Å². The van der Waals surface area contributed by atoms with Gasteiger partial charge in [0.05, 0.1) is 14.8 Å². The quantitative estimate of drug-likeness (QED) is 0.282. The third kappa shape index (κ3) is 4.22. The lowest BCUT2D eigenvalue weighted by atomic mass is 9.85. The van der Waals surface area contributed by atoms with Crippen LogP contribution in [0.2, 0.25) is 19.6 Å². The molecule has 2 heteroatoms. The molecule has 0 saturated heterocycles. The van der Waals surface area contributed by atoms with E-state index in [2.05, 4.69) is 89.1 Å². The molecule has 0 bridgehead atoms. The molecule has 1 atom stereocenters. The maximum Gasteiger partial charge on any atom is 0.147 e. The van der Waals surface area contributed by atoms with Crippen molar-refractivity contribution in [1.82, 2.24) is 0 Å². The molecule has 0 radical (unpaired) electrons. The molecule has 0 N–H and O–H groups in total. The molecule has 28 heavy (non-hydrogen) atoms. The predicted octanol–water partition coefficient (Wildman–Crippen LogP) is 7.24. The first-order chi connectivity index (χ1) is 13.1. The summed E-state index contributed by atoms with van der Waals surface area (Å²) >= 11 is 0. The van der Waals surface area contributed by atoms with Crippen LogP contribution in [0.3, 0.4) is 0 Å². The minimum Gasteiger partial charge on any atom is -0.255 e. The highest BCUT2D eigenvalue weighted by atomic mass is 28.3. The zero-order chi connectivity index (χ0) is 20.6. The Bertz CT molecular complexity index is 800. The van der Waals surface area contributed by atoms with Crippen LogP contribution in [0, 0.1) is 24.8 Å². The third-order valence-corrected chi connectivity index (χ3v) is 8.89. The topological polar surface area (TPSA) is 3.01 Å². The van der Waals surface area contributed by atoms with E-state index >= 15 is 0 Å². The highest BCUT2D eigenvalue weighted by Gasteiger charge is 2.32. The summed E-state index contributed by atoms with van der Waals surface area (Å²) in [6, 6.07) is 8.40. The van der Waals surface area contributed by atoms with Crippen LogP contribution in [-0.4, -0.2) is 19.4 Å². The molecule has 1 aromatic rings. The van der Waals surface area contributed by atoms with Crippen molar-refractivity contribution in [3.63, 3.8) is 0 Å². The van der Waals surface area contributed by atoms with Gasteiger partial charge < -0.3 is 0 Å². The van der Waals surface area contributed by atoms with Gasteiger partial charge in [-0.05, 0) is 47.4 Å². The van der Waals surface area contributed by atoms with Gasteiger partial charge in [0.25, 0.3) is 0 Å². The monoisotopic (exact) mass is 393 g/mol. The lowest BCUT2D eigenvalue weighted by Gasteiger charge is -2.35. The van der Waals surface area contributed by atoms with Crippen LogP contribution in [0.5, 0.6) is 0 Å². The Balaban J connectivity index is 2.05. The van der Waals surface area contributed by atoms with Crippen LogP contribution in [0.15, 0.2) is 41.2 Å². The first kappa shape index (κ1) is 21.2. The van der Waals surface area contributed by atoms with Gasteiger partial charge in [0, 0.05) is 0 Å². The number of aryl methyl sites for hydroxylation is 1. The number of hydrogen-bond acceptors (Lipinski definition) is 0. The number of nitrogens with zero attached hydrogens (tertiary/aromatic N) is 1. The summed E-state index contributed by atoms with van der Waals surface area (Å²) in [6.07, 6.45) is 10.3. The third-order valence-electron chi connectivity index (χ3n) is 6.86. The Morgan fingerprint density at radius 1 is 1.11 bits per heavy atom. The van der Waals surface area contributed by atoms with E-state index in [0.29, 0.717) is 11.8 Å². The lowest BCUT2D eigenvalue weighted by Crippen LogP contribution is -2.33. The molecule has 0 spiro atoms. The predicted molar refractivity (Wildman–Crippen MR) is 126 cm³/mol. The molecule has 3 rings (SSSR count). The molecule has 1 heterocycles. The summed E-state index contributed by atoms with van der Waals surface area (Å²) in [7, 11) is -1.45. The second-order valence-corrected chi connectivity index (χ2v) is 15.4. The fourth-order valence-electron chi connectivity index (χ4n) is 4.63. The minimum atomic E-state index is -1.45. The van der Waals surface area contributed by atoms with Crippen LogP contribution in [-0.2, 0) is 0 Å². The molecule has 2 aliphatic rings. The van der Waals surface area contributed by atoms with E-state index < -0.39 is 8.07 Å². The van der Waals surface area contributed by atoms with Crippen LogP contribution in [0.4, 0.5) is 0 Å². The van der Waals surface area contributed by atoms with Crippen molar-refractivity contribution in [3.05, 3.63) is 64.0 Å². The summed E-state index contributed by atoms with van der Waals surface area (Å²) in [5.41, 5.74) is 5.77. The van der Waals surface area contributed by atoms with E-state index in [1.54, 1.807) is 5.20 Å². The van der Waals surface area contributed by atoms with Gasteiger partial charge in [-0.25, -0.2) is 0 Å². The molecular formula is C26H39NSi. The maximum atomic E-state index is 4.42. The zero-order valence-electron chi connectivity index (χ0n) is 19.1. The first-order valence-corrected chi connectivity index (χ1v) is 14.6. The number of benzene rings is 1. The number of rotatable bonds is 5. The Labute approximate surface area is 174 Å². The molecule has 0 aromatic heterocycles. The zero-order valence-corrected chi connectivity index (χ0v) is 20.1. The molecule has 1 aliphatic heterocycles. The van der Waals surface area contributed by atoms with Crippen LogP contribution in [0.1, 0.15) is 69.1 Å². The van der Waals surface area contributed by atoms with Gasteiger partial charge in [0.15, 0.2) is 0 Å². The van der Waals surface area contributed by atoms with E-state index in [0.717, 1.165) is 5.92 Å². The second kappa shape index (κ2) is 8.06. The van der Waals surface area contributed by atoms with Gasteiger partial charge in [-0.15, -0.1) is 0 Å². The highest BCUT2D eigenvalue weighted by Crippen LogP contribution is 2.40. The minimum absolute atomic E-state index is 0.556. The molecular weight excluding hydrogens is 354 g/mol. The van der Waals surface area contributed by atoms with Gasteiger partial charge in [-0.3, -0.25) is 4.58 Å². The van der Waals surface area contributed by atoms with Crippen LogP contribution < -0.4 is 0 Å². The molecule has 1 aliphatic carbocycles. The number of allylic oxidation sites excluding steroid dienone is 2. The molecule has 0 amide bonds. The smallest absolute Gasteiger partial charge is 0.147 e. The summed E-state index contributed by atoms with van der Waals surface area (Å²) in [5, 5.41) is 1.55. The molecule has 1 nitrogen and oxygen atoms in total. The van der Waals surface area contributed by atoms with Gasteiger partial charge in [-0.2, -0.15) is 0 Å². The van der Waals surface area contributed by atoms with Gasteiger partial charge in [0.2, 0.25) is 0 Å². The van der Waals surface area contributed by atoms with E-state index in [-0.39, 0.29) is 0 Å². The van der Waals surface area contributed by atoms with Crippen molar-refractivity contribution in [2.75, 3.05) is 0 Å². The molecule has 1 unspecified atom stereocenters. The first-order valence-electron chi connectivity index (χ1n) is 11.1. The average Bonchev–Trinajstić information content (AvgIpc) is 3.15. The van der Waals surface area contributed by atoms with Crippen molar-refractivity contribution in [3.8, 4) is 0 Å². The average molecular weight is 394 g/mol. The Morgan fingerprint density at radius 3 is 2.32 bits per heavy atom. The van der Waals surface area contributed by atoms with Gasteiger partial charge >= 0.3 is 0 Å².